The monoisotopic (exact) mass is 390 g/mol. The molecule has 1 atom stereocenters. The van der Waals surface area contributed by atoms with Gasteiger partial charge in [-0.15, -0.1) is 10.2 Å². The van der Waals surface area contributed by atoms with Gasteiger partial charge in [-0.25, -0.2) is 0 Å². The molecule has 1 N–H and O–H groups in total. The van der Waals surface area contributed by atoms with Crippen molar-refractivity contribution in [1.29, 1.82) is 0 Å². The van der Waals surface area contributed by atoms with Crippen molar-refractivity contribution in [3.63, 3.8) is 0 Å². The summed E-state index contributed by atoms with van der Waals surface area (Å²) in [6, 6.07) is 17.5. The Balaban J connectivity index is 1.48. The lowest BCUT2D eigenvalue weighted by atomic mass is 10.0. The molecule has 0 bridgehead atoms. The molecule has 1 aliphatic rings. The Morgan fingerprint density at radius 1 is 1.03 bits per heavy atom. The molecular formula is C22H26N6O. The van der Waals surface area contributed by atoms with Crippen LogP contribution in [0.25, 0.3) is 11.4 Å². The van der Waals surface area contributed by atoms with Crippen LogP contribution in [0.5, 0.6) is 0 Å². The highest BCUT2D eigenvalue weighted by atomic mass is 16.1. The third-order valence-corrected chi connectivity index (χ3v) is 5.31. The summed E-state index contributed by atoms with van der Waals surface area (Å²) in [6.45, 7) is 3.02. The van der Waals surface area contributed by atoms with Crippen molar-refractivity contribution in [1.82, 2.24) is 30.4 Å². The van der Waals surface area contributed by atoms with Crippen LogP contribution >= 0.6 is 0 Å². The van der Waals surface area contributed by atoms with Gasteiger partial charge in [0.2, 0.25) is 5.82 Å². The van der Waals surface area contributed by atoms with E-state index in [-0.39, 0.29) is 11.9 Å². The predicted molar refractivity (Wildman–Crippen MR) is 111 cm³/mol. The Bertz CT molecular complexity index is 931. The van der Waals surface area contributed by atoms with Crippen LogP contribution in [0, 0.1) is 0 Å². The van der Waals surface area contributed by atoms with Crippen LogP contribution in [-0.2, 0) is 7.05 Å². The van der Waals surface area contributed by atoms with Crippen molar-refractivity contribution in [3.8, 4) is 11.4 Å². The highest BCUT2D eigenvalue weighted by molar-refractivity contribution is 5.94. The van der Waals surface area contributed by atoms with Gasteiger partial charge >= 0.3 is 0 Å². The minimum atomic E-state index is -0.0745. The molecule has 3 aromatic rings. The number of piperidine rings is 1. The predicted octanol–water partition coefficient (Wildman–Crippen LogP) is 2.83. The summed E-state index contributed by atoms with van der Waals surface area (Å²) in [7, 11) is 1.73. The Hall–Kier alpha value is -3.06. The van der Waals surface area contributed by atoms with Gasteiger partial charge in [0.1, 0.15) is 0 Å². The lowest BCUT2D eigenvalue weighted by Crippen LogP contribution is -2.40. The number of aromatic nitrogens is 4. The zero-order valence-electron chi connectivity index (χ0n) is 16.7. The van der Waals surface area contributed by atoms with Gasteiger partial charge in [0, 0.05) is 17.7 Å². The molecule has 0 saturated carbocycles. The fraction of sp³-hybridized carbons (Fsp3) is 0.364. The Kier molecular flexibility index (Phi) is 5.95. The normalized spacial score (nSPS) is 15.8. The number of carbonyl (C=O) groups is 1. The molecule has 7 nitrogen and oxygen atoms in total. The smallest absolute Gasteiger partial charge is 0.251 e. The first-order valence-corrected chi connectivity index (χ1v) is 10.1. The standard InChI is InChI=1S/C22H26N6O/c1-27-25-21(24-26-27)18-10-12-19(13-11-18)22(29)23-20(17-8-4-2-5-9-17)16-28-14-6-3-7-15-28/h2,4-5,8-13,20H,3,6-7,14-16H2,1H3,(H,23,29)/t20-/m1/s1. The molecule has 0 unspecified atom stereocenters. The van der Waals surface area contributed by atoms with Gasteiger partial charge in [0.25, 0.3) is 5.91 Å². The van der Waals surface area contributed by atoms with Crippen LogP contribution in [-0.4, -0.2) is 50.6 Å². The molecule has 1 fully saturated rings. The summed E-state index contributed by atoms with van der Waals surface area (Å²) in [4.78, 5) is 16.8. The Morgan fingerprint density at radius 3 is 2.41 bits per heavy atom. The van der Waals surface area contributed by atoms with Crippen molar-refractivity contribution in [2.45, 2.75) is 25.3 Å². The number of benzene rings is 2. The van der Waals surface area contributed by atoms with E-state index in [0.29, 0.717) is 11.4 Å². The number of hydrogen-bond donors (Lipinski definition) is 1. The summed E-state index contributed by atoms with van der Waals surface area (Å²) < 4.78 is 0. The highest BCUT2D eigenvalue weighted by Crippen LogP contribution is 2.19. The van der Waals surface area contributed by atoms with Crippen LogP contribution in [0.15, 0.2) is 54.6 Å². The number of amides is 1. The van der Waals surface area contributed by atoms with Gasteiger partial charge in [-0.2, -0.15) is 4.80 Å². The second-order valence-electron chi connectivity index (χ2n) is 7.48. The second kappa shape index (κ2) is 8.96. The Morgan fingerprint density at radius 2 is 1.76 bits per heavy atom. The van der Waals surface area contributed by atoms with Gasteiger partial charge in [-0.1, -0.05) is 48.9 Å². The van der Waals surface area contributed by atoms with Crippen LogP contribution in [0.3, 0.4) is 0 Å². The number of carbonyl (C=O) groups excluding carboxylic acids is 1. The zero-order chi connectivity index (χ0) is 20.1. The molecule has 150 valence electrons. The van der Waals surface area contributed by atoms with Gasteiger partial charge in [0.15, 0.2) is 0 Å². The third kappa shape index (κ3) is 4.86. The number of likely N-dealkylation sites (tertiary alicyclic amines) is 1. The van der Waals surface area contributed by atoms with Crippen LogP contribution in [0.2, 0.25) is 0 Å². The van der Waals surface area contributed by atoms with Crippen molar-refractivity contribution < 1.29 is 4.79 Å². The van der Waals surface area contributed by atoms with E-state index in [1.165, 1.54) is 24.1 Å². The van der Waals surface area contributed by atoms with Gasteiger partial charge in [-0.3, -0.25) is 4.79 Å². The molecule has 0 radical (unpaired) electrons. The third-order valence-electron chi connectivity index (χ3n) is 5.31. The first-order chi connectivity index (χ1) is 14.2. The van der Waals surface area contributed by atoms with E-state index in [1.807, 2.05) is 42.5 Å². The van der Waals surface area contributed by atoms with Crippen molar-refractivity contribution in [2.24, 2.45) is 7.05 Å². The van der Waals surface area contributed by atoms with E-state index in [4.69, 9.17) is 0 Å². The highest BCUT2D eigenvalue weighted by Gasteiger charge is 2.20. The van der Waals surface area contributed by atoms with Crippen molar-refractivity contribution >= 4 is 5.91 Å². The molecule has 1 aromatic heterocycles. The average Bonchev–Trinajstić information content (AvgIpc) is 3.21. The SMILES string of the molecule is Cn1nnc(-c2ccc(C(=O)N[C@H](CN3CCCCC3)c3ccccc3)cc2)n1. The number of hydrogen-bond acceptors (Lipinski definition) is 5. The van der Waals surface area contributed by atoms with Crippen LogP contribution < -0.4 is 5.32 Å². The van der Waals surface area contributed by atoms with E-state index in [9.17, 15) is 4.79 Å². The summed E-state index contributed by atoms with van der Waals surface area (Å²) in [5, 5.41) is 15.3. The van der Waals surface area contributed by atoms with E-state index in [2.05, 4.69) is 37.8 Å². The summed E-state index contributed by atoms with van der Waals surface area (Å²) >= 11 is 0. The van der Waals surface area contributed by atoms with E-state index in [1.54, 1.807) is 7.05 Å². The minimum absolute atomic E-state index is 0.0388. The molecule has 0 spiro atoms. The first-order valence-electron chi connectivity index (χ1n) is 10.1. The molecule has 0 aliphatic carbocycles. The average molecular weight is 390 g/mol. The number of nitrogens with zero attached hydrogens (tertiary/aromatic N) is 5. The molecule has 7 heteroatoms. The molecule has 1 amide bonds. The number of tetrazole rings is 1. The molecule has 4 rings (SSSR count). The van der Waals surface area contributed by atoms with Gasteiger partial charge < -0.3 is 10.2 Å². The quantitative estimate of drug-likeness (QED) is 0.700. The molecule has 1 saturated heterocycles. The van der Waals surface area contributed by atoms with E-state index < -0.39 is 0 Å². The van der Waals surface area contributed by atoms with Crippen molar-refractivity contribution in [3.05, 3.63) is 65.7 Å². The van der Waals surface area contributed by atoms with Gasteiger partial charge in [-0.05, 0) is 48.8 Å². The molecule has 1 aliphatic heterocycles. The lowest BCUT2D eigenvalue weighted by molar-refractivity contribution is 0.0920. The maximum Gasteiger partial charge on any atom is 0.251 e. The number of nitrogens with one attached hydrogen (secondary N) is 1. The minimum Gasteiger partial charge on any atom is -0.344 e. The first kappa shape index (κ1) is 19.3. The topological polar surface area (TPSA) is 75.9 Å². The molecule has 2 aromatic carbocycles. The molecular weight excluding hydrogens is 364 g/mol. The zero-order valence-corrected chi connectivity index (χ0v) is 16.7. The largest absolute Gasteiger partial charge is 0.344 e. The molecule has 2 heterocycles. The van der Waals surface area contributed by atoms with Gasteiger partial charge in [0.05, 0.1) is 13.1 Å². The fourth-order valence-electron chi connectivity index (χ4n) is 3.73. The molecule has 29 heavy (non-hydrogen) atoms. The maximum atomic E-state index is 12.9. The van der Waals surface area contributed by atoms with E-state index >= 15 is 0 Å². The second-order valence-corrected chi connectivity index (χ2v) is 7.48. The van der Waals surface area contributed by atoms with Crippen molar-refractivity contribution in [2.75, 3.05) is 19.6 Å². The number of aryl methyl sites for hydroxylation is 1. The Labute approximate surface area is 170 Å². The van der Waals surface area contributed by atoms with E-state index in [0.717, 1.165) is 30.8 Å². The lowest BCUT2D eigenvalue weighted by Gasteiger charge is -2.31. The number of rotatable bonds is 6. The summed E-state index contributed by atoms with van der Waals surface area (Å²) in [6.07, 6.45) is 3.76. The summed E-state index contributed by atoms with van der Waals surface area (Å²) in [5.74, 6) is 0.473. The maximum absolute atomic E-state index is 12.9. The summed E-state index contributed by atoms with van der Waals surface area (Å²) in [5.41, 5.74) is 2.59. The van der Waals surface area contributed by atoms with Crippen LogP contribution in [0.4, 0.5) is 0 Å². The fourth-order valence-corrected chi connectivity index (χ4v) is 3.73. The van der Waals surface area contributed by atoms with Crippen LogP contribution in [0.1, 0.15) is 41.2 Å².